The van der Waals surface area contributed by atoms with Crippen molar-refractivity contribution in [2.75, 3.05) is 0 Å². The SMILES string of the molecule is CC(=O)O.O=C(O)CCCCC(=O)O.O=P(O)(O)O. The maximum absolute atomic E-state index is 9.90. The van der Waals surface area contributed by atoms with Crippen LogP contribution < -0.4 is 0 Å². The highest BCUT2D eigenvalue weighted by Crippen LogP contribution is 2.25. The van der Waals surface area contributed by atoms with Crippen LogP contribution in [0.1, 0.15) is 32.6 Å². The van der Waals surface area contributed by atoms with E-state index >= 15 is 0 Å². The van der Waals surface area contributed by atoms with Gasteiger partial charge in [0.25, 0.3) is 5.97 Å². The van der Waals surface area contributed by atoms with Gasteiger partial charge >= 0.3 is 19.8 Å². The van der Waals surface area contributed by atoms with Crippen LogP contribution in [0.2, 0.25) is 0 Å². The van der Waals surface area contributed by atoms with Gasteiger partial charge in [-0.3, -0.25) is 14.4 Å². The van der Waals surface area contributed by atoms with Gasteiger partial charge < -0.3 is 30.0 Å². The van der Waals surface area contributed by atoms with Crippen LogP contribution in [0.4, 0.5) is 0 Å². The molecule has 114 valence electrons. The van der Waals surface area contributed by atoms with Crippen molar-refractivity contribution in [3.05, 3.63) is 0 Å². The van der Waals surface area contributed by atoms with Gasteiger partial charge in [0, 0.05) is 19.8 Å². The summed E-state index contributed by atoms with van der Waals surface area (Å²) in [5.74, 6) is -2.57. The first-order valence-electron chi connectivity index (χ1n) is 4.77. The Hall–Kier alpha value is -1.48. The smallest absolute Gasteiger partial charge is 0.466 e. The highest BCUT2D eigenvalue weighted by atomic mass is 31.2. The Morgan fingerprint density at radius 1 is 0.842 bits per heavy atom. The van der Waals surface area contributed by atoms with Gasteiger partial charge in [-0.2, -0.15) is 0 Å². The lowest BCUT2D eigenvalue weighted by Crippen LogP contribution is -1.97. The van der Waals surface area contributed by atoms with Crippen LogP contribution in [-0.2, 0) is 18.9 Å². The van der Waals surface area contributed by atoms with E-state index in [1.807, 2.05) is 0 Å². The van der Waals surface area contributed by atoms with Gasteiger partial charge in [0.15, 0.2) is 0 Å². The number of unbranched alkanes of at least 4 members (excludes halogenated alkanes) is 1. The summed E-state index contributed by atoms with van der Waals surface area (Å²) in [6, 6.07) is 0. The first-order chi connectivity index (χ1) is 8.36. The average Bonchev–Trinajstić information content (AvgIpc) is 2.08. The molecular formula is C8H17O10P. The zero-order valence-electron chi connectivity index (χ0n) is 10.1. The van der Waals surface area contributed by atoms with E-state index in [2.05, 4.69) is 0 Å². The first kappa shape index (κ1) is 22.7. The lowest BCUT2D eigenvalue weighted by molar-refractivity contribution is -0.139. The predicted molar refractivity (Wildman–Crippen MR) is 61.3 cm³/mol. The van der Waals surface area contributed by atoms with E-state index in [4.69, 9.17) is 39.4 Å². The number of carboxylic acids is 3. The van der Waals surface area contributed by atoms with Gasteiger partial charge in [-0.05, 0) is 12.8 Å². The lowest BCUT2D eigenvalue weighted by atomic mass is 10.2. The predicted octanol–water partition coefficient (Wildman–Crippen LogP) is -0.122. The minimum atomic E-state index is -4.64. The number of aliphatic carboxylic acids is 3. The summed E-state index contributed by atoms with van der Waals surface area (Å²) in [5.41, 5.74) is 0. The molecule has 11 heteroatoms. The summed E-state index contributed by atoms with van der Waals surface area (Å²) in [5, 5.41) is 23.7. The van der Waals surface area contributed by atoms with Crippen LogP contribution in [0.5, 0.6) is 0 Å². The summed E-state index contributed by atoms with van der Waals surface area (Å²) in [6.07, 6.45) is 1.02. The summed E-state index contributed by atoms with van der Waals surface area (Å²) in [6.45, 7) is 1.08. The van der Waals surface area contributed by atoms with Gasteiger partial charge in [-0.1, -0.05) is 0 Å². The third-order valence-electron chi connectivity index (χ3n) is 1.03. The lowest BCUT2D eigenvalue weighted by Gasteiger charge is -1.92. The molecule has 0 aromatic carbocycles. The van der Waals surface area contributed by atoms with Crippen molar-refractivity contribution in [1.82, 2.24) is 0 Å². The summed E-state index contributed by atoms with van der Waals surface area (Å²) < 4.78 is 8.88. The second-order valence-corrected chi connectivity index (χ2v) is 4.05. The van der Waals surface area contributed by atoms with Crippen molar-refractivity contribution in [3.63, 3.8) is 0 Å². The van der Waals surface area contributed by atoms with Crippen LogP contribution >= 0.6 is 7.82 Å². The van der Waals surface area contributed by atoms with E-state index in [1.165, 1.54) is 0 Å². The second kappa shape index (κ2) is 13.0. The fourth-order valence-electron chi connectivity index (χ4n) is 0.552. The van der Waals surface area contributed by atoms with Gasteiger partial charge in [-0.15, -0.1) is 0 Å². The fraction of sp³-hybridized carbons (Fsp3) is 0.625. The van der Waals surface area contributed by atoms with Crippen molar-refractivity contribution >= 4 is 25.7 Å². The van der Waals surface area contributed by atoms with Gasteiger partial charge in [0.2, 0.25) is 0 Å². The molecule has 0 unspecified atom stereocenters. The van der Waals surface area contributed by atoms with Crippen LogP contribution in [0, 0.1) is 0 Å². The Morgan fingerprint density at radius 3 is 1.11 bits per heavy atom. The minimum absolute atomic E-state index is 0.0628. The Balaban J connectivity index is -0.000000238. The zero-order chi connectivity index (χ0) is 16.1. The molecule has 0 aliphatic carbocycles. The second-order valence-electron chi connectivity index (χ2n) is 3.03. The standard InChI is InChI=1S/C6H10O4.C2H4O2.H3O4P/c7-5(8)3-1-2-4-6(9)10;1-2(3)4;1-5(2,3)4/h1-4H2,(H,7,8)(H,9,10);1H3,(H,3,4);(H3,1,2,3,4). The summed E-state index contributed by atoms with van der Waals surface area (Å²) in [4.78, 5) is 50.4. The summed E-state index contributed by atoms with van der Waals surface area (Å²) in [7, 11) is -4.64. The number of hydrogen-bond donors (Lipinski definition) is 6. The molecule has 0 aliphatic rings. The third-order valence-corrected chi connectivity index (χ3v) is 1.03. The molecule has 0 aliphatic heterocycles. The highest BCUT2D eigenvalue weighted by Gasteiger charge is 2.00. The first-order valence-corrected chi connectivity index (χ1v) is 6.34. The zero-order valence-corrected chi connectivity index (χ0v) is 11.0. The minimum Gasteiger partial charge on any atom is -0.481 e. The summed E-state index contributed by atoms with van der Waals surface area (Å²) >= 11 is 0. The normalized spacial score (nSPS) is 9.26. The molecule has 0 amide bonds. The molecule has 0 heterocycles. The van der Waals surface area contributed by atoms with Crippen LogP contribution in [-0.4, -0.2) is 47.9 Å². The van der Waals surface area contributed by atoms with Crippen LogP contribution in [0.25, 0.3) is 0 Å². The van der Waals surface area contributed by atoms with Crippen LogP contribution in [0.3, 0.4) is 0 Å². The van der Waals surface area contributed by atoms with Crippen molar-refractivity contribution in [2.24, 2.45) is 0 Å². The molecule has 6 N–H and O–H groups in total. The Morgan fingerprint density at radius 2 is 1.00 bits per heavy atom. The molecule has 0 radical (unpaired) electrons. The largest absolute Gasteiger partial charge is 0.481 e. The van der Waals surface area contributed by atoms with E-state index in [-0.39, 0.29) is 12.8 Å². The average molecular weight is 304 g/mol. The number of phosphoric acid groups is 1. The van der Waals surface area contributed by atoms with Crippen molar-refractivity contribution < 1.29 is 48.9 Å². The molecule has 0 spiro atoms. The number of rotatable bonds is 5. The van der Waals surface area contributed by atoms with Crippen LogP contribution in [0.15, 0.2) is 0 Å². The molecule has 0 fully saturated rings. The van der Waals surface area contributed by atoms with E-state index in [0.29, 0.717) is 12.8 Å². The number of carbonyl (C=O) groups is 3. The van der Waals surface area contributed by atoms with Gasteiger partial charge in [0.1, 0.15) is 0 Å². The molecule has 0 rings (SSSR count). The molecule has 0 aromatic heterocycles. The molecule has 0 saturated heterocycles. The monoisotopic (exact) mass is 304 g/mol. The third kappa shape index (κ3) is 114. The Labute approximate surface area is 108 Å². The highest BCUT2D eigenvalue weighted by molar-refractivity contribution is 7.45. The molecule has 10 nitrogen and oxygen atoms in total. The molecule has 0 aromatic rings. The number of hydrogen-bond acceptors (Lipinski definition) is 4. The van der Waals surface area contributed by atoms with Gasteiger partial charge in [0.05, 0.1) is 0 Å². The van der Waals surface area contributed by atoms with E-state index in [0.717, 1.165) is 6.92 Å². The molecular weight excluding hydrogens is 287 g/mol. The molecule has 0 saturated carbocycles. The van der Waals surface area contributed by atoms with Crippen molar-refractivity contribution in [2.45, 2.75) is 32.6 Å². The maximum atomic E-state index is 9.90. The van der Waals surface area contributed by atoms with Crippen molar-refractivity contribution in [1.29, 1.82) is 0 Å². The van der Waals surface area contributed by atoms with E-state index in [1.54, 1.807) is 0 Å². The Kier molecular flexibility index (Phi) is 15.5. The quantitative estimate of drug-likeness (QED) is 0.295. The van der Waals surface area contributed by atoms with E-state index in [9.17, 15) is 9.59 Å². The fourth-order valence-corrected chi connectivity index (χ4v) is 0.552. The maximum Gasteiger partial charge on any atom is 0.466 e. The van der Waals surface area contributed by atoms with Gasteiger partial charge in [-0.25, -0.2) is 4.57 Å². The topological polar surface area (TPSA) is 190 Å². The molecule has 0 atom stereocenters. The van der Waals surface area contributed by atoms with E-state index < -0.39 is 25.7 Å². The molecule has 19 heavy (non-hydrogen) atoms. The molecule has 0 bridgehead atoms. The Bertz CT molecular complexity index is 291. The van der Waals surface area contributed by atoms with Crippen molar-refractivity contribution in [3.8, 4) is 0 Å². The number of carboxylic acid groups (broad SMARTS) is 3.